The summed E-state index contributed by atoms with van der Waals surface area (Å²) in [6, 6.07) is 34.2. The third kappa shape index (κ3) is 3.68. The fraction of sp³-hybridized carbons (Fsp3) is 0.0857. The molecule has 0 saturated heterocycles. The Balaban J connectivity index is 1.46. The molecule has 7 rings (SSSR count). The van der Waals surface area contributed by atoms with Crippen molar-refractivity contribution in [1.29, 1.82) is 0 Å². The lowest BCUT2D eigenvalue weighted by Crippen LogP contribution is -2.04. The van der Waals surface area contributed by atoms with E-state index in [9.17, 15) is 0 Å². The Morgan fingerprint density at radius 2 is 1.38 bits per heavy atom. The van der Waals surface area contributed by atoms with Gasteiger partial charge in [-0.2, -0.15) is 0 Å². The first-order valence-corrected chi connectivity index (χ1v) is 13.3. The molecule has 0 aliphatic carbocycles. The number of para-hydroxylation sites is 1. The molecule has 4 nitrogen and oxygen atoms in total. The van der Waals surface area contributed by atoms with Crippen LogP contribution in [-0.2, 0) is 0 Å². The number of rotatable bonds is 4. The van der Waals surface area contributed by atoms with Crippen LogP contribution in [0.25, 0.3) is 55.8 Å². The topological polar surface area (TPSA) is 35.6 Å². The number of hydrogen-bond acceptors (Lipinski definition) is 2. The Morgan fingerprint density at radius 1 is 0.615 bits per heavy atom. The van der Waals surface area contributed by atoms with Gasteiger partial charge in [0.05, 0.1) is 22.2 Å². The minimum atomic E-state index is 0.946. The van der Waals surface area contributed by atoms with Gasteiger partial charge < -0.3 is 4.57 Å². The van der Waals surface area contributed by atoms with E-state index in [0.717, 1.165) is 39.0 Å². The zero-order valence-electron chi connectivity index (χ0n) is 22.3. The number of pyridine rings is 1. The number of nitrogens with zero attached hydrogens (tertiary/aromatic N) is 4. The quantitative estimate of drug-likeness (QED) is 0.240. The van der Waals surface area contributed by atoms with Crippen LogP contribution in [-0.4, -0.2) is 19.1 Å². The van der Waals surface area contributed by atoms with Gasteiger partial charge in [0.1, 0.15) is 5.82 Å². The number of imidazole rings is 1. The molecule has 0 bridgehead atoms. The second-order valence-corrected chi connectivity index (χ2v) is 10.1. The van der Waals surface area contributed by atoms with Gasteiger partial charge in [-0.3, -0.25) is 9.55 Å². The first-order valence-electron chi connectivity index (χ1n) is 13.3. The van der Waals surface area contributed by atoms with E-state index in [0.29, 0.717) is 0 Å². The minimum Gasteiger partial charge on any atom is -0.308 e. The maximum Gasteiger partial charge on any atom is 0.144 e. The molecule has 188 valence electrons. The van der Waals surface area contributed by atoms with E-state index in [-0.39, 0.29) is 0 Å². The van der Waals surface area contributed by atoms with Gasteiger partial charge in [-0.25, -0.2) is 4.98 Å². The van der Waals surface area contributed by atoms with Crippen LogP contribution in [0.3, 0.4) is 0 Å². The van der Waals surface area contributed by atoms with Crippen molar-refractivity contribution in [2.24, 2.45) is 0 Å². The van der Waals surface area contributed by atoms with Gasteiger partial charge in [-0.15, -0.1) is 0 Å². The summed E-state index contributed by atoms with van der Waals surface area (Å²) < 4.78 is 4.53. The van der Waals surface area contributed by atoms with Crippen LogP contribution in [0.2, 0.25) is 0 Å². The van der Waals surface area contributed by atoms with Gasteiger partial charge in [0.25, 0.3) is 0 Å². The number of benzene rings is 4. The van der Waals surface area contributed by atoms with Crippen LogP contribution >= 0.6 is 0 Å². The molecular weight excluding hydrogens is 476 g/mol. The lowest BCUT2D eigenvalue weighted by atomic mass is 9.91. The van der Waals surface area contributed by atoms with Gasteiger partial charge in [0, 0.05) is 35.2 Å². The maximum atomic E-state index is 4.82. The molecule has 0 N–H and O–H groups in total. The summed E-state index contributed by atoms with van der Waals surface area (Å²) in [6.45, 7) is 6.63. The SMILES string of the molecule is Cc1cc(C)c(-n2ccnc2-c2ccccc2)c(C)c1-c1ccc2c(c1)c1ncccc1n2-c1ccccc1. The van der Waals surface area contributed by atoms with Crippen LogP contribution in [0.5, 0.6) is 0 Å². The van der Waals surface area contributed by atoms with Crippen molar-refractivity contribution in [2.75, 3.05) is 0 Å². The smallest absolute Gasteiger partial charge is 0.144 e. The van der Waals surface area contributed by atoms with Crippen molar-refractivity contribution in [3.63, 3.8) is 0 Å². The summed E-state index contributed by atoms with van der Waals surface area (Å²) >= 11 is 0. The van der Waals surface area contributed by atoms with Gasteiger partial charge in [-0.1, -0.05) is 60.7 Å². The standard InChI is InChI=1S/C35H28N4/c1-23-21-24(2)34(38-20-19-37-35(38)26-11-6-4-7-12-26)25(3)32(23)27-16-17-30-29(22-27)33-31(15-10-18-36-33)39(30)28-13-8-5-9-14-28/h4-22H,1-3H3. The molecule has 0 saturated carbocycles. The number of aryl methyl sites for hydroxylation is 2. The predicted octanol–water partition coefficient (Wildman–Crippen LogP) is 8.62. The zero-order valence-corrected chi connectivity index (χ0v) is 22.3. The molecular formula is C35H28N4. The first kappa shape index (κ1) is 23.2. The molecule has 3 heterocycles. The lowest BCUT2D eigenvalue weighted by Gasteiger charge is -2.20. The number of hydrogen-bond donors (Lipinski definition) is 0. The Morgan fingerprint density at radius 3 is 2.18 bits per heavy atom. The summed E-state index contributed by atoms with van der Waals surface area (Å²) in [6.07, 6.45) is 5.84. The van der Waals surface area contributed by atoms with Gasteiger partial charge in [0.15, 0.2) is 0 Å². The van der Waals surface area contributed by atoms with E-state index < -0.39 is 0 Å². The third-order valence-electron chi connectivity index (χ3n) is 7.67. The van der Waals surface area contributed by atoms with Crippen molar-refractivity contribution in [1.82, 2.24) is 19.1 Å². The molecule has 0 spiro atoms. The molecule has 3 aromatic heterocycles. The summed E-state index contributed by atoms with van der Waals surface area (Å²) in [4.78, 5) is 9.55. The summed E-state index contributed by atoms with van der Waals surface area (Å²) in [5, 5.41) is 1.15. The van der Waals surface area contributed by atoms with E-state index in [1.54, 1.807) is 0 Å². The second-order valence-electron chi connectivity index (χ2n) is 10.1. The van der Waals surface area contributed by atoms with Crippen LogP contribution in [0.15, 0.2) is 116 Å². The Hall–Kier alpha value is -4.96. The van der Waals surface area contributed by atoms with E-state index in [1.165, 1.54) is 33.5 Å². The summed E-state index contributed by atoms with van der Waals surface area (Å²) in [5.74, 6) is 0.946. The summed E-state index contributed by atoms with van der Waals surface area (Å²) in [7, 11) is 0. The van der Waals surface area contributed by atoms with Crippen LogP contribution < -0.4 is 0 Å². The minimum absolute atomic E-state index is 0.946. The molecule has 0 unspecified atom stereocenters. The van der Waals surface area contributed by atoms with E-state index in [4.69, 9.17) is 9.97 Å². The van der Waals surface area contributed by atoms with Crippen molar-refractivity contribution in [3.05, 3.63) is 132 Å². The fourth-order valence-electron chi connectivity index (χ4n) is 6.12. The molecule has 39 heavy (non-hydrogen) atoms. The predicted molar refractivity (Wildman–Crippen MR) is 161 cm³/mol. The van der Waals surface area contributed by atoms with Gasteiger partial charge in [0.2, 0.25) is 0 Å². The molecule has 4 aromatic carbocycles. The molecule has 0 aliphatic heterocycles. The van der Waals surface area contributed by atoms with Crippen molar-refractivity contribution >= 4 is 21.9 Å². The van der Waals surface area contributed by atoms with Crippen molar-refractivity contribution < 1.29 is 0 Å². The number of fused-ring (bicyclic) bond motifs is 3. The van der Waals surface area contributed by atoms with E-state index in [2.05, 4.69) is 121 Å². The zero-order chi connectivity index (χ0) is 26.5. The largest absolute Gasteiger partial charge is 0.308 e. The third-order valence-corrected chi connectivity index (χ3v) is 7.67. The number of aromatic nitrogens is 4. The highest BCUT2D eigenvalue weighted by atomic mass is 15.1. The highest BCUT2D eigenvalue weighted by molar-refractivity contribution is 6.08. The molecule has 4 heteroatoms. The van der Waals surface area contributed by atoms with Crippen LogP contribution in [0, 0.1) is 20.8 Å². The van der Waals surface area contributed by atoms with Crippen molar-refractivity contribution in [2.45, 2.75) is 20.8 Å². The molecule has 0 fully saturated rings. The lowest BCUT2D eigenvalue weighted by molar-refractivity contribution is 1.03. The van der Waals surface area contributed by atoms with E-state index in [1.807, 2.05) is 24.5 Å². The Labute approximate surface area is 227 Å². The molecule has 0 radical (unpaired) electrons. The van der Waals surface area contributed by atoms with Crippen LogP contribution in [0.1, 0.15) is 16.7 Å². The average molecular weight is 505 g/mol. The van der Waals surface area contributed by atoms with Gasteiger partial charge in [-0.05, 0) is 85.0 Å². The first-order chi connectivity index (χ1) is 19.1. The molecule has 7 aromatic rings. The Kier molecular flexibility index (Phi) is 5.41. The monoisotopic (exact) mass is 504 g/mol. The highest BCUT2D eigenvalue weighted by Crippen LogP contribution is 2.38. The maximum absolute atomic E-state index is 4.82. The average Bonchev–Trinajstić information content (AvgIpc) is 3.57. The van der Waals surface area contributed by atoms with Crippen molar-refractivity contribution in [3.8, 4) is 33.9 Å². The highest BCUT2D eigenvalue weighted by Gasteiger charge is 2.19. The second kappa shape index (κ2) is 9.10. The molecule has 0 aliphatic rings. The Bertz CT molecular complexity index is 1980. The normalized spacial score (nSPS) is 11.5. The van der Waals surface area contributed by atoms with E-state index >= 15 is 0 Å². The fourth-order valence-corrected chi connectivity index (χ4v) is 6.12. The molecule has 0 amide bonds. The molecule has 0 atom stereocenters. The summed E-state index contributed by atoms with van der Waals surface area (Å²) in [5.41, 5.74) is 12.9. The van der Waals surface area contributed by atoms with Crippen LogP contribution in [0.4, 0.5) is 0 Å². The van der Waals surface area contributed by atoms with Gasteiger partial charge >= 0.3 is 0 Å².